The molecule has 0 radical (unpaired) electrons. The van der Waals surface area contributed by atoms with Crippen molar-refractivity contribution in [1.29, 1.82) is 0 Å². The summed E-state index contributed by atoms with van der Waals surface area (Å²) in [7, 11) is 1.55. The standard InChI is InChI=1S/C13H17NO5/c1-9-7-10(13(16)17)3-4-11(9)19-8-12(15)14-5-6-18-2/h3-4,7H,5-6,8H2,1-2H3,(H,14,15)(H,16,17). The molecule has 0 saturated carbocycles. The molecule has 6 nitrogen and oxygen atoms in total. The van der Waals surface area contributed by atoms with Crippen molar-refractivity contribution in [2.45, 2.75) is 6.92 Å². The molecule has 6 heteroatoms. The largest absolute Gasteiger partial charge is 0.484 e. The maximum absolute atomic E-state index is 11.4. The molecule has 1 amide bonds. The third-order valence-corrected chi connectivity index (χ3v) is 2.41. The highest BCUT2D eigenvalue weighted by molar-refractivity contribution is 5.88. The third kappa shape index (κ3) is 4.97. The molecule has 0 aliphatic heterocycles. The molecule has 104 valence electrons. The molecular formula is C13H17NO5. The fourth-order valence-electron chi connectivity index (χ4n) is 1.43. The zero-order valence-corrected chi connectivity index (χ0v) is 10.9. The summed E-state index contributed by atoms with van der Waals surface area (Å²) in [4.78, 5) is 22.2. The molecule has 1 rings (SSSR count). The van der Waals surface area contributed by atoms with Crippen LogP contribution in [0.15, 0.2) is 18.2 Å². The van der Waals surface area contributed by atoms with E-state index in [0.29, 0.717) is 24.5 Å². The average Bonchev–Trinajstić information content (AvgIpc) is 2.37. The molecule has 0 bridgehead atoms. The molecule has 0 aromatic heterocycles. The predicted octanol–water partition coefficient (Wildman–Crippen LogP) is 0.835. The number of carboxylic acid groups (broad SMARTS) is 1. The minimum absolute atomic E-state index is 0.114. The summed E-state index contributed by atoms with van der Waals surface area (Å²) in [5, 5.41) is 11.4. The SMILES string of the molecule is COCCNC(=O)COc1ccc(C(=O)O)cc1C. The van der Waals surface area contributed by atoms with Crippen molar-refractivity contribution in [3.05, 3.63) is 29.3 Å². The molecular weight excluding hydrogens is 250 g/mol. The minimum atomic E-state index is -0.994. The Morgan fingerprint density at radius 3 is 2.68 bits per heavy atom. The zero-order valence-electron chi connectivity index (χ0n) is 10.9. The van der Waals surface area contributed by atoms with Crippen LogP contribution in [-0.4, -0.2) is 43.9 Å². The van der Waals surface area contributed by atoms with E-state index in [1.807, 2.05) is 0 Å². The Morgan fingerprint density at radius 2 is 2.11 bits per heavy atom. The van der Waals surface area contributed by atoms with Gasteiger partial charge in [0.25, 0.3) is 5.91 Å². The minimum Gasteiger partial charge on any atom is -0.484 e. The topological polar surface area (TPSA) is 84.9 Å². The number of aromatic carboxylic acids is 1. The second-order valence-corrected chi connectivity index (χ2v) is 3.92. The molecule has 0 aliphatic rings. The Hall–Kier alpha value is -2.08. The van der Waals surface area contributed by atoms with Gasteiger partial charge in [-0.15, -0.1) is 0 Å². The van der Waals surface area contributed by atoms with E-state index in [4.69, 9.17) is 14.6 Å². The van der Waals surface area contributed by atoms with Gasteiger partial charge in [-0.3, -0.25) is 4.79 Å². The summed E-state index contributed by atoms with van der Waals surface area (Å²) < 4.78 is 10.1. The van der Waals surface area contributed by atoms with E-state index in [2.05, 4.69) is 5.32 Å². The number of carbonyl (C=O) groups excluding carboxylic acids is 1. The van der Waals surface area contributed by atoms with Crippen LogP contribution in [0.25, 0.3) is 0 Å². The van der Waals surface area contributed by atoms with Gasteiger partial charge in [0, 0.05) is 13.7 Å². The van der Waals surface area contributed by atoms with Crippen molar-refractivity contribution < 1.29 is 24.2 Å². The third-order valence-electron chi connectivity index (χ3n) is 2.41. The predicted molar refractivity (Wildman–Crippen MR) is 68.5 cm³/mol. The van der Waals surface area contributed by atoms with Gasteiger partial charge in [-0.05, 0) is 30.7 Å². The Labute approximate surface area is 111 Å². The average molecular weight is 267 g/mol. The first kappa shape index (κ1) is 15.0. The van der Waals surface area contributed by atoms with Crippen LogP contribution in [0.3, 0.4) is 0 Å². The lowest BCUT2D eigenvalue weighted by atomic mass is 10.1. The van der Waals surface area contributed by atoms with Crippen LogP contribution in [-0.2, 0) is 9.53 Å². The fourth-order valence-corrected chi connectivity index (χ4v) is 1.43. The number of aryl methyl sites for hydroxylation is 1. The number of hydrogen-bond donors (Lipinski definition) is 2. The summed E-state index contributed by atoms with van der Waals surface area (Å²) in [5.41, 5.74) is 0.860. The molecule has 0 heterocycles. The molecule has 0 aliphatic carbocycles. The van der Waals surface area contributed by atoms with Gasteiger partial charge >= 0.3 is 5.97 Å². The van der Waals surface area contributed by atoms with Crippen LogP contribution < -0.4 is 10.1 Å². The van der Waals surface area contributed by atoms with E-state index >= 15 is 0 Å². The molecule has 0 unspecified atom stereocenters. The van der Waals surface area contributed by atoms with Crippen molar-refractivity contribution in [2.24, 2.45) is 0 Å². The molecule has 19 heavy (non-hydrogen) atoms. The molecule has 0 saturated heterocycles. The van der Waals surface area contributed by atoms with Crippen molar-refractivity contribution >= 4 is 11.9 Å². The number of carbonyl (C=O) groups is 2. The fraction of sp³-hybridized carbons (Fsp3) is 0.385. The van der Waals surface area contributed by atoms with Crippen LogP contribution in [0, 0.1) is 6.92 Å². The van der Waals surface area contributed by atoms with Gasteiger partial charge in [-0.25, -0.2) is 4.79 Å². The van der Waals surface area contributed by atoms with Crippen LogP contribution in [0.1, 0.15) is 15.9 Å². The van der Waals surface area contributed by atoms with E-state index < -0.39 is 5.97 Å². The van der Waals surface area contributed by atoms with E-state index in [0.717, 1.165) is 0 Å². The van der Waals surface area contributed by atoms with E-state index in [9.17, 15) is 9.59 Å². The number of amides is 1. The van der Waals surface area contributed by atoms with E-state index in [-0.39, 0.29) is 18.1 Å². The number of rotatable bonds is 7. The van der Waals surface area contributed by atoms with Crippen LogP contribution in [0.5, 0.6) is 5.75 Å². The van der Waals surface area contributed by atoms with Crippen molar-refractivity contribution in [1.82, 2.24) is 5.32 Å². The van der Waals surface area contributed by atoms with Gasteiger partial charge in [0.1, 0.15) is 5.75 Å². The molecule has 2 N–H and O–H groups in total. The first-order chi connectivity index (χ1) is 9.04. The Balaban J connectivity index is 2.49. The molecule has 0 fully saturated rings. The van der Waals surface area contributed by atoms with Crippen molar-refractivity contribution in [3.63, 3.8) is 0 Å². The lowest BCUT2D eigenvalue weighted by Gasteiger charge is -2.10. The Bertz CT molecular complexity index is 458. The monoisotopic (exact) mass is 267 g/mol. The molecule has 1 aromatic carbocycles. The highest BCUT2D eigenvalue weighted by atomic mass is 16.5. The van der Waals surface area contributed by atoms with Gasteiger partial charge in [-0.1, -0.05) is 0 Å². The zero-order chi connectivity index (χ0) is 14.3. The van der Waals surface area contributed by atoms with Gasteiger partial charge in [0.15, 0.2) is 6.61 Å². The van der Waals surface area contributed by atoms with E-state index in [1.54, 1.807) is 20.1 Å². The van der Waals surface area contributed by atoms with Crippen molar-refractivity contribution in [3.8, 4) is 5.75 Å². The number of methoxy groups -OCH3 is 1. The van der Waals surface area contributed by atoms with Gasteiger partial charge in [-0.2, -0.15) is 0 Å². The number of nitrogens with one attached hydrogen (secondary N) is 1. The first-order valence-electron chi connectivity index (χ1n) is 5.77. The maximum Gasteiger partial charge on any atom is 0.335 e. The molecule has 0 spiro atoms. The summed E-state index contributed by atoms with van der Waals surface area (Å²) in [5.74, 6) is -0.752. The van der Waals surface area contributed by atoms with Crippen molar-refractivity contribution in [2.75, 3.05) is 26.9 Å². The lowest BCUT2D eigenvalue weighted by molar-refractivity contribution is -0.123. The highest BCUT2D eigenvalue weighted by Crippen LogP contribution is 2.18. The summed E-state index contributed by atoms with van der Waals surface area (Å²) >= 11 is 0. The smallest absolute Gasteiger partial charge is 0.335 e. The summed E-state index contributed by atoms with van der Waals surface area (Å²) in [6, 6.07) is 4.48. The maximum atomic E-state index is 11.4. The number of ether oxygens (including phenoxy) is 2. The number of benzene rings is 1. The second kappa shape index (κ2) is 7.38. The van der Waals surface area contributed by atoms with Gasteiger partial charge in [0.05, 0.1) is 12.2 Å². The molecule has 0 atom stereocenters. The van der Waals surface area contributed by atoms with Gasteiger partial charge in [0.2, 0.25) is 0 Å². The van der Waals surface area contributed by atoms with Crippen LogP contribution in [0.4, 0.5) is 0 Å². The Morgan fingerprint density at radius 1 is 1.37 bits per heavy atom. The highest BCUT2D eigenvalue weighted by Gasteiger charge is 2.08. The second-order valence-electron chi connectivity index (χ2n) is 3.92. The summed E-state index contributed by atoms with van der Waals surface area (Å²) in [6.07, 6.45) is 0. The first-order valence-corrected chi connectivity index (χ1v) is 5.77. The van der Waals surface area contributed by atoms with Crippen LogP contribution >= 0.6 is 0 Å². The van der Waals surface area contributed by atoms with E-state index in [1.165, 1.54) is 12.1 Å². The van der Waals surface area contributed by atoms with Crippen LogP contribution in [0.2, 0.25) is 0 Å². The molecule has 1 aromatic rings. The Kier molecular flexibility index (Phi) is 5.81. The summed E-state index contributed by atoms with van der Waals surface area (Å²) in [6.45, 7) is 2.48. The quantitative estimate of drug-likeness (QED) is 0.715. The van der Waals surface area contributed by atoms with Gasteiger partial charge < -0.3 is 19.9 Å². The lowest BCUT2D eigenvalue weighted by Crippen LogP contribution is -2.31. The number of carboxylic acids is 1. The normalized spacial score (nSPS) is 10.0. The number of hydrogen-bond acceptors (Lipinski definition) is 4.